The zero-order valence-electron chi connectivity index (χ0n) is 25.8. The van der Waals surface area contributed by atoms with Gasteiger partial charge in [-0.2, -0.15) is 0 Å². The minimum atomic E-state index is -0.440. The summed E-state index contributed by atoms with van der Waals surface area (Å²) in [7, 11) is 0. The molecule has 0 atom stereocenters. The number of ether oxygens (including phenoxy) is 3. The maximum atomic E-state index is 11.8. The van der Waals surface area contributed by atoms with E-state index in [1.54, 1.807) is 22.8 Å². The topological polar surface area (TPSA) is 126 Å². The summed E-state index contributed by atoms with van der Waals surface area (Å²) < 4.78 is 15.0. The van der Waals surface area contributed by atoms with E-state index in [2.05, 4.69) is 16.6 Å². The van der Waals surface area contributed by atoms with Crippen LogP contribution in [-0.2, 0) is 19.0 Å². The van der Waals surface area contributed by atoms with Gasteiger partial charge >= 0.3 is 18.2 Å². The number of likely N-dealkylation sites (tertiary alicyclic amines) is 2. The lowest BCUT2D eigenvalue weighted by molar-refractivity contribution is -0.140. The Balaban J connectivity index is 0.000000634. The minimum absolute atomic E-state index is 0.0896. The Kier molecular flexibility index (Phi) is 18.0. The molecule has 0 aliphatic carbocycles. The van der Waals surface area contributed by atoms with E-state index in [4.69, 9.17) is 19.7 Å². The Hall–Kier alpha value is -2.77. The van der Waals surface area contributed by atoms with Crippen molar-refractivity contribution in [2.24, 2.45) is 11.8 Å². The van der Waals surface area contributed by atoms with Crippen LogP contribution in [-0.4, -0.2) is 95.4 Å². The van der Waals surface area contributed by atoms with Crippen molar-refractivity contribution in [1.29, 1.82) is 0 Å². The Morgan fingerprint density at radius 1 is 0.850 bits per heavy atom. The molecule has 10 heteroatoms. The molecule has 2 aliphatic heterocycles. The summed E-state index contributed by atoms with van der Waals surface area (Å²) in [4.78, 5) is 36.8. The van der Waals surface area contributed by atoms with E-state index < -0.39 is 11.2 Å². The zero-order chi connectivity index (χ0) is 30.8. The van der Waals surface area contributed by atoms with Crippen LogP contribution in [0, 0.1) is 23.7 Å². The van der Waals surface area contributed by atoms with Crippen molar-refractivity contribution in [3.63, 3.8) is 0 Å². The molecule has 0 aromatic rings. The Morgan fingerprint density at radius 2 is 1.30 bits per heavy atom. The van der Waals surface area contributed by atoms with Crippen LogP contribution in [0.5, 0.6) is 0 Å². The SMILES string of the molecule is CC(C)(C)OC(=O)N1CCC(/C=C\CO)CC1.CC(C)(C)OC(=O)N1CCC(C#CCO)CC1.CCOC(C)=O. The predicted molar refractivity (Wildman–Crippen MR) is 154 cm³/mol. The number of esters is 1. The molecule has 0 radical (unpaired) electrons. The summed E-state index contributed by atoms with van der Waals surface area (Å²) in [5, 5.41) is 17.3. The maximum absolute atomic E-state index is 11.8. The van der Waals surface area contributed by atoms with Crippen molar-refractivity contribution < 1.29 is 38.8 Å². The molecule has 2 amide bonds. The van der Waals surface area contributed by atoms with Gasteiger partial charge in [-0.05, 0) is 80.1 Å². The molecule has 2 saturated heterocycles. The number of hydrogen-bond acceptors (Lipinski definition) is 8. The van der Waals surface area contributed by atoms with Crippen LogP contribution in [0.15, 0.2) is 12.2 Å². The molecule has 2 rings (SSSR count). The summed E-state index contributed by atoms with van der Waals surface area (Å²) in [6, 6.07) is 0. The second-order valence-corrected chi connectivity index (χ2v) is 11.6. The van der Waals surface area contributed by atoms with Gasteiger partial charge in [0.05, 0.1) is 13.2 Å². The Bertz CT molecular complexity index is 832. The molecule has 10 nitrogen and oxygen atoms in total. The predicted octanol–water partition coefficient (Wildman–Crippen LogP) is 4.38. The van der Waals surface area contributed by atoms with Gasteiger partial charge in [0.1, 0.15) is 17.8 Å². The molecule has 230 valence electrons. The monoisotopic (exact) mass is 568 g/mol. The third kappa shape index (κ3) is 19.3. The van der Waals surface area contributed by atoms with Crippen LogP contribution < -0.4 is 0 Å². The average molecular weight is 569 g/mol. The van der Waals surface area contributed by atoms with E-state index in [0.717, 1.165) is 38.8 Å². The zero-order valence-corrected chi connectivity index (χ0v) is 25.8. The molecule has 2 aliphatic rings. The highest BCUT2D eigenvalue weighted by atomic mass is 16.6. The van der Waals surface area contributed by atoms with Gasteiger partial charge in [-0.3, -0.25) is 4.79 Å². The molecule has 0 aromatic heterocycles. The largest absolute Gasteiger partial charge is 0.466 e. The quantitative estimate of drug-likeness (QED) is 0.222. The summed E-state index contributed by atoms with van der Waals surface area (Å²) in [6.45, 7) is 17.7. The smallest absolute Gasteiger partial charge is 0.410 e. The van der Waals surface area contributed by atoms with E-state index in [-0.39, 0.29) is 31.4 Å². The Labute approximate surface area is 241 Å². The van der Waals surface area contributed by atoms with Gasteiger partial charge in [-0.15, -0.1) is 0 Å². The summed E-state index contributed by atoms with van der Waals surface area (Å²) in [6.07, 6.45) is 6.93. The maximum Gasteiger partial charge on any atom is 0.410 e. The summed E-state index contributed by atoms with van der Waals surface area (Å²) >= 11 is 0. The van der Waals surface area contributed by atoms with E-state index >= 15 is 0 Å². The number of aliphatic hydroxyl groups excluding tert-OH is 2. The van der Waals surface area contributed by atoms with Crippen LogP contribution in [0.25, 0.3) is 0 Å². The van der Waals surface area contributed by atoms with E-state index in [1.165, 1.54) is 6.92 Å². The lowest BCUT2D eigenvalue weighted by Gasteiger charge is -2.32. The highest BCUT2D eigenvalue weighted by Crippen LogP contribution is 2.21. The van der Waals surface area contributed by atoms with Gasteiger partial charge in [-0.25, -0.2) is 9.59 Å². The number of allylic oxidation sites excluding steroid dienone is 1. The van der Waals surface area contributed by atoms with Gasteiger partial charge < -0.3 is 34.2 Å². The fraction of sp³-hybridized carbons (Fsp3) is 0.767. The third-order valence-corrected chi connectivity index (χ3v) is 5.58. The third-order valence-electron chi connectivity index (χ3n) is 5.58. The fourth-order valence-corrected chi connectivity index (χ4v) is 3.78. The number of nitrogens with zero attached hydrogens (tertiary/aromatic N) is 2. The van der Waals surface area contributed by atoms with Gasteiger partial charge in [0.15, 0.2) is 0 Å². The first-order chi connectivity index (χ1) is 18.6. The van der Waals surface area contributed by atoms with Gasteiger partial charge in [0.25, 0.3) is 0 Å². The molecule has 0 bridgehead atoms. The number of carbonyl (C=O) groups excluding carboxylic acids is 3. The lowest BCUT2D eigenvalue weighted by atomic mass is 9.97. The summed E-state index contributed by atoms with van der Waals surface area (Å²) in [5.41, 5.74) is -0.866. The highest BCUT2D eigenvalue weighted by Gasteiger charge is 2.27. The molecular weight excluding hydrogens is 516 g/mol. The molecule has 0 unspecified atom stereocenters. The molecule has 0 saturated carbocycles. The number of aliphatic hydroxyl groups is 2. The van der Waals surface area contributed by atoms with Crippen LogP contribution in [0.2, 0.25) is 0 Å². The number of hydrogen-bond donors (Lipinski definition) is 2. The molecule has 2 fully saturated rings. The molecule has 40 heavy (non-hydrogen) atoms. The van der Waals surface area contributed by atoms with Crippen LogP contribution >= 0.6 is 0 Å². The van der Waals surface area contributed by atoms with Crippen molar-refractivity contribution >= 4 is 18.2 Å². The second kappa shape index (κ2) is 19.3. The molecule has 0 aromatic carbocycles. The first-order valence-corrected chi connectivity index (χ1v) is 14.1. The van der Waals surface area contributed by atoms with E-state index in [1.807, 2.05) is 47.6 Å². The molecule has 0 spiro atoms. The van der Waals surface area contributed by atoms with E-state index in [0.29, 0.717) is 31.5 Å². The standard InChI is InChI=1S/C13H23NO3.C13H21NO3.C4H8O2/c2*1-13(2,3)17-12(16)14-8-6-11(7-9-14)5-4-10-15;1-3-6-4(2)5/h4-5,11,15H,6-10H2,1-3H3;11,15H,6-10H2,1-3H3;3H2,1-2H3/b5-4-;;. The average Bonchev–Trinajstić information content (AvgIpc) is 2.85. The van der Waals surface area contributed by atoms with Crippen molar-refractivity contribution in [2.75, 3.05) is 46.0 Å². The highest BCUT2D eigenvalue weighted by molar-refractivity contribution is 5.68. The van der Waals surface area contributed by atoms with Crippen LogP contribution in [0.1, 0.15) is 81.1 Å². The molecule has 2 heterocycles. The first-order valence-electron chi connectivity index (χ1n) is 14.1. The second-order valence-electron chi connectivity index (χ2n) is 11.6. The van der Waals surface area contributed by atoms with E-state index in [9.17, 15) is 14.4 Å². The first kappa shape index (κ1) is 37.2. The number of piperidine rings is 2. The van der Waals surface area contributed by atoms with Gasteiger partial charge in [-0.1, -0.05) is 24.0 Å². The van der Waals surface area contributed by atoms with Crippen molar-refractivity contribution in [3.05, 3.63) is 12.2 Å². The van der Waals surface area contributed by atoms with Gasteiger partial charge in [0, 0.05) is 39.0 Å². The number of amides is 2. The van der Waals surface area contributed by atoms with Crippen molar-refractivity contribution in [2.45, 2.75) is 92.3 Å². The molecule has 2 N–H and O–H groups in total. The van der Waals surface area contributed by atoms with Crippen molar-refractivity contribution in [3.8, 4) is 11.8 Å². The van der Waals surface area contributed by atoms with Gasteiger partial charge in [0.2, 0.25) is 0 Å². The fourth-order valence-electron chi connectivity index (χ4n) is 3.78. The normalized spacial score (nSPS) is 16.4. The van der Waals surface area contributed by atoms with Crippen molar-refractivity contribution in [1.82, 2.24) is 9.80 Å². The minimum Gasteiger partial charge on any atom is -0.466 e. The lowest BCUT2D eigenvalue weighted by Crippen LogP contribution is -2.41. The Morgan fingerprint density at radius 3 is 1.62 bits per heavy atom. The van der Waals surface area contributed by atoms with Crippen LogP contribution in [0.4, 0.5) is 9.59 Å². The number of rotatable bonds is 3. The molecular formula is C30H52N2O8. The number of carbonyl (C=O) groups is 3. The van der Waals surface area contributed by atoms with Crippen LogP contribution in [0.3, 0.4) is 0 Å². The summed E-state index contributed by atoms with van der Waals surface area (Å²) in [5.74, 6) is 6.23.